The largest absolute Gasteiger partial charge is 0.479 e. The molecule has 7 nitrogen and oxygen atoms in total. The van der Waals surface area contributed by atoms with E-state index in [2.05, 4.69) is 19.9 Å². The molecule has 1 aliphatic heterocycles. The molecular formula is C11H17N3O4. The summed E-state index contributed by atoms with van der Waals surface area (Å²) in [6.07, 6.45) is 0.871. The van der Waals surface area contributed by atoms with Crippen molar-refractivity contribution < 1.29 is 19.2 Å². The van der Waals surface area contributed by atoms with Gasteiger partial charge < -0.3 is 19.7 Å². The van der Waals surface area contributed by atoms with Gasteiger partial charge in [-0.05, 0) is 13.0 Å². The van der Waals surface area contributed by atoms with Gasteiger partial charge in [0.15, 0.2) is 5.69 Å². The molecule has 0 atom stereocenters. The molecule has 1 saturated heterocycles. The van der Waals surface area contributed by atoms with Gasteiger partial charge in [-0.1, -0.05) is 5.16 Å². The minimum absolute atomic E-state index is 0.0962. The van der Waals surface area contributed by atoms with Crippen molar-refractivity contribution in [3.63, 3.8) is 0 Å². The molecule has 100 valence electrons. The number of rotatable bonds is 5. The predicted octanol–water partition coefficient (Wildman–Crippen LogP) is -0.168. The summed E-state index contributed by atoms with van der Waals surface area (Å²) in [5.74, 6) is -0.686. The fraction of sp³-hybridized carbons (Fsp3) is 0.636. The first kappa shape index (κ1) is 12.8. The van der Waals surface area contributed by atoms with Crippen LogP contribution in [0.15, 0.2) is 10.6 Å². The van der Waals surface area contributed by atoms with E-state index in [1.165, 1.54) is 6.07 Å². The monoisotopic (exact) mass is 255 g/mol. The van der Waals surface area contributed by atoms with Crippen LogP contribution < -0.4 is 5.32 Å². The van der Waals surface area contributed by atoms with Gasteiger partial charge in [0.1, 0.15) is 0 Å². The average Bonchev–Trinajstić information content (AvgIpc) is 2.82. The molecule has 0 aliphatic carbocycles. The van der Waals surface area contributed by atoms with E-state index in [1.807, 2.05) is 0 Å². The zero-order valence-corrected chi connectivity index (χ0v) is 10.1. The van der Waals surface area contributed by atoms with Crippen LogP contribution in [0.25, 0.3) is 0 Å². The summed E-state index contributed by atoms with van der Waals surface area (Å²) in [5.41, 5.74) is 0.0962. The summed E-state index contributed by atoms with van der Waals surface area (Å²) in [7, 11) is 0. The van der Waals surface area contributed by atoms with Crippen LogP contribution in [0.1, 0.15) is 16.9 Å². The van der Waals surface area contributed by atoms with Gasteiger partial charge in [0.05, 0.1) is 19.3 Å². The van der Waals surface area contributed by atoms with Crippen molar-refractivity contribution in [1.82, 2.24) is 15.4 Å². The van der Waals surface area contributed by atoms with Crippen molar-refractivity contribution in [2.24, 2.45) is 0 Å². The van der Waals surface area contributed by atoms with Gasteiger partial charge in [-0.25, -0.2) is 0 Å². The van der Waals surface area contributed by atoms with E-state index < -0.39 is 0 Å². The van der Waals surface area contributed by atoms with Gasteiger partial charge in [-0.2, -0.15) is 0 Å². The number of morpholine rings is 1. The van der Waals surface area contributed by atoms with Crippen molar-refractivity contribution in [1.29, 1.82) is 0 Å². The predicted molar refractivity (Wildman–Crippen MR) is 62.4 cm³/mol. The molecule has 0 saturated carbocycles. The molecule has 2 rings (SSSR count). The molecule has 7 heteroatoms. The number of hydrogen-bond acceptors (Lipinski definition) is 6. The molecule has 0 radical (unpaired) electrons. The number of aromatic nitrogens is 1. The minimum atomic E-state index is -0.353. The lowest BCUT2D eigenvalue weighted by Crippen LogP contribution is -2.38. The number of aromatic hydroxyl groups is 1. The number of carbonyl (C=O) groups is 1. The van der Waals surface area contributed by atoms with Crippen molar-refractivity contribution in [2.75, 3.05) is 39.4 Å². The summed E-state index contributed by atoms with van der Waals surface area (Å²) in [4.78, 5) is 13.8. The lowest BCUT2D eigenvalue weighted by atomic mass is 10.3. The fourth-order valence-electron chi connectivity index (χ4n) is 1.79. The number of amides is 1. The lowest BCUT2D eigenvalue weighted by molar-refractivity contribution is 0.0374. The minimum Gasteiger partial charge on any atom is -0.479 e. The molecular weight excluding hydrogens is 238 g/mol. The number of ether oxygens (including phenoxy) is 1. The molecule has 2 N–H and O–H groups in total. The molecule has 1 aliphatic rings. The average molecular weight is 255 g/mol. The molecule has 0 unspecified atom stereocenters. The first-order valence-electron chi connectivity index (χ1n) is 5.99. The molecule has 0 spiro atoms. The molecule has 2 heterocycles. The second-order valence-corrected chi connectivity index (χ2v) is 4.11. The highest BCUT2D eigenvalue weighted by Crippen LogP contribution is 2.08. The van der Waals surface area contributed by atoms with Crippen LogP contribution in [0.5, 0.6) is 5.95 Å². The number of nitrogens with zero attached hydrogens (tertiary/aromatic N) is 2. The summed E-state index contributed by atoms with van der Waals surface area (Å²) in [6.45, 7) is 4.98. The third-order valence-electron chi connectivity index (χ3n) is 2.77. The summed E-state index contributed by atoms with van der Waals surface area (Å²) >= 11 is 0. The molecule has 1 fully saturated rings. The Morgan fingerprint density at radius 3 is 2.94 bits per heavy atom. The van der Waals surface area contributed by atoms with Crippen LogP contribution in [-0.2, 0) is 4.74 Å². The first-order valence-corrected chi connectivity index (χ1v) is 5.99. The van der Waals surface area contributed by atoms with Gasteiger partial charge >= 0.3 is 5.95 Å². The van der Waals surface area contributed by atoms with E-state index in [4.69, 9.17) is 9.84 Å². The molecule has 1 aromatic rings. The molecule has 1 amide bonds. The molecule has 18 heavy (non-hydrogen) atoms. The Hall–Kier alpha value is -1.60. The van der Waals surface area contributed by atoms with E-state index in [9.17, 15) is 4.79 Å². The van der Waals surface area contributed by atoms with E-state index in [0.29, 0.717) is 6.54 Å². The molecule has 1 aromatic heterocycles. The summed E-state index contributed by atoms with van der Waals surface area (Å²) in [6, 6.07) is 1.19. The maximum absolute atomic E-state index is 11.5. The Morgan fingerprint density at radius 1 is 1.50 bits per heavy atom. The normalized spacial score (nSPS) is 16.7. The van der Waals surface area contributed by atoms with Crippen LogP contribution in [-0.4, -0.2) is 60.5 Å². The van der Waals surface area contributed by atoms with E-state index in [0.717, 1.165) is 39.3 Å². The highest BCUT2D eigenvalue weighted by atomic mass is 16.5. The standard InChI is InChI=1S/C11H17N3O4/c15-10-8-9(13-18-10)11(16)12-2-1-3-14-4-6-17-7-5-14/h8,15H,1-7H2,(H,12,16). The van der Waals surface area contributed by atoms with E-state index in [-0.39, 0.29) is 17.5 Å². The van der Waals surface area contributed by atoms with E-state index in [1.54, 1.807) is 0 Å². The maximum Gasteiger partial charge on any atom is 0.309 e. The topological polar surface area (TPSA) is 87.8 Å². The van der Waals surface area contributed by atoms with Crippen LogP contribution >= 0.6 is 0 Å². The second-order valence-electron chi connectivity index (χ2n) is 4.11. The van der Waals surface area contributed by atoms with E-state index >= 15 is 0 Å². The van der Waals surface area contributed by atoms with Crippen molar-refractivity contribution in [3.05, 3.63) is 11.8 Å². The zero-order valence-electron chi connectivity index (χ0n) is 10.1. The first-order chi connectivity index (χ1) is 8.75. The lowest BCUT2D eigenvalue weighted by Gasteiger charge is -2.26. The molecule has 0 aromatic carbocycles. The van der Waals surface area contributed by atoms with Gasteiger partial charge in [0.25, 0.3) is 5.91 Å². The summed E-state index contributed by atoms with van der Waals surface area (Å²) in [5, 5.41) is 15.1. The summed E-state index contributed by atoms with van der Waals surface area (Å²) < 4.78 is 9.66. The maximum atomic E-state index is 11.5. The number of carbonyl (C=O) groups excluding carboxylic acids is 1. The Bertz CT molecular complexity index is 387. The Labute approximate surface area is 105 Å². The quantitative estimate of drug-likeness (QED) is 0.710. The fourth-order valence-corrected chi connectivity index (χ4v) is 1.79. The smallest absolute Gasteiger partial charge is 0.309 e. The Balaban J connectivity index is 1.61. The Kier molecular flexibility index (Phi) is 4.54. The zero-order chi connectivity index (χ0) is 12.8. The Morgan fingerprint density at radius 2 is 2.28 bits per heavy atom. The van der Waals surface area contributed by atoms with Gasteiger partial charge in [0, 0.05) is 19.6 Å². The number of nitrogens with one attached hydrogen (secondary N) is 1. The highest BCUT2D eigenvalue weighted by Gasteiger charge is 2.12. The number of hydrogen-bond donors (Lipinski definition) is 2. The van der Waals surface area contributed by atoms with Gasteiger partial charge in [-0.3, -0.25) is 9.69 Å². The van der Waals surface area contributed by atoms with Crippen LogP contribution in [0, 0.1) is 0 Å². The SMILES string of the molecule is O=C(NCCCN1CCOCC1)c1cc(O)on1. The van der Waals surface area contributed by atoms with Crippen molar-refractivity contribution in [3.8, 4) is 5.95 Å². The molecule has 0 bridgehead atoms. The third-order valence-corrected chi connectivity index (χ3v) is 2.77. The van der Waals surface area contributed by atoms with Crippen LogP contribution in [0.4, 0.5) is 0 Å². The van der Waals surface area contributed by atoms with Crippen LogP contribution in [0.2, 0.25) is 0 Å². The van der Waals surface area contributed by atoms with Gasteiger partial charge in [0.2, 0.25) is 0 Å². The van der Waals surface area contributed by atoms with Crippen LogP contribution in [0.3, 0.4) is 0 Å². The van der Waals surface area contributed by atoms with Gasteiger partial charge in [-0.15, -0.1) is 0 Å². The van der Waals surface area contributed by atoms with Crippen molar-refractivity contribution >= 4 is 5.91 Å². The second kappa shape index (κ2) is 6.36. The third kappa shape index (κ3) is 3.71. The van der Waals surface area contributed by atoms with Crippen molar-refractivity contribution in [2.45, 2.75) is 6.42 Å². The highest BCUT2D eigenvalue weighted by molar-refractivity contribution is 5.92.